The monoisotopic (exact) mass is 366 g/mol. The Morgan fingerprint density at radius 1 is 1.28 bits per heavy atom. The molecule has 2 heterocycles. The molecule has 0 N–H and O–H groups in total. The van der Waals surface area contributed by atoms with Gasteiger partial charge in [-0.2, -0.15) is 13.8 Å². The van der Waals surface area contributed by atoms with Crippen molar-refractivity contribution in [1.82, 2.24) is 9.97 Å². The van der Waals surface area contributed by atoms with E-state index in [9.17, 15) is 13.6 Å². The number of anilines is 2. The Morgan fingerprint density at radius 3 is 2.72 bits per heavy atom. The van der Waals surface area contributed by atoms with Gasteiger partial charge in [0.05, 0.1) is 12.7 Å². The lowest BCUT2D eigenvalue weighted by molar-refractivity contribution is -0.140. The molecular formula is C17H17ClF2N4O. The standard InChI is InChI=1S/C17H17ClF2N4O/c1-23-13-10-21-16(18)22-14(13)24(11-17(19,20)15(23)25)9-5-8-12-6-3-2-4-7-12/h2-4,6-7,10H,5,8-9,11H2,1H3. The fraction of sp³-hybridized carbons (Fsp3) is 0.353. The van der Waals surface area contributed by atoms with E-state index in [-0.39, 0.29) is 16.8 Å². The molecule has 1 aliphatic rings. The Morgan fingerprint density at radius 2 is 2.00 bits per heavy atom. The highest BCUT2D eigenvalue weighted by Crippen LogP contribution is 2.35. The molecule has 1 amide bonds. The van der Waals surface area contributed by atoms with Crippen molar-refractivity contribution < 1.29 is 13.6 Å². The Bertz CT molecular complexity index is 772. The van der Waals surface area contributed by atoms with Crippen LogP contribution in [0.15, 0.2) is 36.5 Å². The molecule has 2 aromatic rings. The van der Waals surface area contributed by atoms with Gasteiger partial charge in [0.25, 0.3) is 5.91 Å². The highest BCUT2D eigenvalue weighted by molar-refractivity contribution is 6.28. The molecule has 8 heteroatoms. The van der Waals surface area contributed by atoms with E-state index in [0.29, 0.717) is 13.0 Å². The van der Waals surface area contributed by atoms with E-state index in [2.05, 4.69) is 9.97 Å². The van der Waals surface area contributed by atoms with Crippen molar-refractivity contribution in [3.8, 4) is 0 Å². The number of fused-ring (bicyclic) bond motifs is 1. The fourth-order valence-corrected chi connectivity index (χ4v) is 2.98. The minimum absolute atomic E-state index is 0.0436. The van der Waals surface area contributed by atoms with E-state index in [1.165, 1.54) is 18.1 Å². The topological polar surface area (TPSA) is 49.3 Å². The molecule has 0 aliphatic carbocycles. The molecule has 0 unspecified atom stereocenters. The van der Waals surface area contributed by atoms with Crippen molar-refractivity contribution in [3.05, 3.63) is 47.4 Å². The third kappa shape index (κ3) is 3.71. The van der Waals surface area contributed by atoms with Gasteiger partial charge in [-0.15, -0.1) is 0 Å². The van der Waals surface area contributed by atoms with Gasteiger partial charge < -0.3 is 9.80 Å². The van der Waals surface area contributed by atoms with Gasteiger partial charge in [0, 0.05) is 13.6 Å². The number of halogens is 3. The number of carbonyl (C=O) groups is 1. The number of rotatable bonds is 4. The summed E-state index contributed by atoms with van der Waals surface area (Å²) >= 11 is 5.84. The van der Waals surface area contributed by atoms with Crippen LogP contribution in [0.4, 0.5) is 20.3 Å². The first-order chi connectivity index (χ1) is 11.9. The first-order valence-electron chi connectivity index (χ1n) is 7.86. The number of amides is 1. The molecule has 0 saturated carbocycles. The summed E-state index contributed by atoms with van der Waals surface area (Å²) in [5.41, 5.74) is 1.35. The summed E-state index contributed by atoms with van der Waals surface area (Å²) < 4.78 is 28.5. The Kier molecular flexibility index (Phi) is 4.85. The summed E-state index contributed by atoms with van der Waals surface area (Å²) in [5.74, 6) is -4.53. The quantitative estimate of drug-likeness (QED) is 0.780. The number of nitrogens with zero attached hydrogens (tertiary/aromatic N) is 4. The Hall–Kier alpha value is -2.28. The minimum atomic E-state index is -3.51. The average molecular weight is 367 g/mol. The second-order valence-corrected chi connectivity index (χ2v) is 6.27. The zero-order chi connectivity index (χ0) is 18.0. The summed E-state index contributed by atoms with van der Waals surface area (Å²) in [4.78, 5) is 22.2. The van der Waals surface area contributed by atoms with Crippen LogP contribution in [0.25, 0.3) is 0 Å². The third-order valence-corrected chi connectivity index (χ3v) is 4.31. The minimum Gasteiger partial charge on any atom is -0.348 e. The number of alkyl halides is 2. The molecule has 5 nitrogen and oxygen atoms in total. The summed E-state index contributed by atoms with van der Waals surface area (Å²) in [6, 6.07) is 9.77. The molecule has 0 spiro atoms. The fourth-order valence-electron chi connectivity index (χ4n) is 2.86. The highest BCUT2D eigenvalue weighted by Gasteiger charge is 2.47. The van der Waals surface area contributed by atoms with Gasteiger partial charge in [0.15, 0.2) is 5.82 Å². The number of aryl methyl sites for hydroxylation is 1. The molecule has 0 atom stereocenters. The third-order valence-electron chi connectivity index (χ3n) is 4.12. The highest BCUT2D eigenvalue weighted by atomic mass is 35.5. The number of benzene rings is 1. The number of hydrogen-bond acceptors (Lipinski definition) is 4. The van der Waals surface area contributed by atoms with E-state index in [4.69, 9.17) is 11.6 Å². The van der Waals surface area contributed by atoms with Gasteiger partial charge in [-0.1, -0.05) is 30.3 Å². The van der Waals surface area contributed by atoms with Crippen molar-refractivity contribution in [2.24, 2.45) is 0 Å². The molecule has 1 aromatic carbocycles. The molecule has 25 heavy (non-hydrogen) atoms. The Labute approximate surface area is 149 Å². The molecule has 0 bridgehead atoms. The van der Waals surface area contributed by atoms with Crippen LogP contribution in [-0.4, -0.2) is 41.9 Å². The first-order valence-corrected chi connectivity index (χ1v) is 8.24. The summed E-state index contributed by atoms with van der Waals surface area (Å²) in [5, 5.41) is -0.0436. The molecule has 0 saturated heterocycles. The van der Waals surface area contributed by atoms with Crippen molar-refractivity contribution >= 4 is 29.0 Å². The van der Waals surface area contributed by atoms with Crippen molar-refractivity contribution in [1.29, 1.82) is 0 Å². The molecule has 132 valence electrons. The maximum Gasteiger partial charge on any atom is 0.342 e. The van der Waals surface area contributed by atoms with Gasteiger partial charge in [-0.3, -0.25) is 4.79 Å². The first kappa shape index (κ1) is 17.5. The van der Waals surface area contributed by atoms with E-state index >= 15 is 0 Å². The second-order valence-electron chi connectivity index (χ2n) is 5.93. The van der Waals surface area contributed by atoms with Crippen LogP contribution in [0, 0.1) is 0 Å². The zero-order valence-corrected chi connectivity index (χ0v) is 14.4. The zero-order valence-electron chi connectivity index (χ0n) is 13.6. The molecule has 1 aromatic heterocycles. The summed E-state index contributed by atoms with van der Waals surface area (Å²) in [6.45, 7) is -0.406. The molecule has 0 fully saturated rings. The van der Waals surface area contributed by atoms with E-state index < -0.39 is 18.4 Å². The number of hydrogen-bond donors (Lipinski definition) is 0. The normalized spacial score (nSPS) is 16.6. The van der Waals surface area contributed by atoms with Crippen molar-refractivity contribution in [2.45, 2.75) is 18.8 Å². The lowest BCUT2D eigenvalue weighted by atomic mass is 10.1. The van der Waals surface area contributed by atoms with Gasteiger partial charge in [0.2, 0.25) is 5.28 Å². The Balaban J connectivity index is 1.85. The van der Waals surface area contributed by atoms with Crippen LogP contribution in [0.2, 0.25) is 5.28 Å². The predicted molar refractivity (Wildman–Crippen MR) is 92.4 cm³/mol. The maximum atomic E-state index is 14.3. The van der Waals surface area contributed by atoms with Gasteiger partial charge in [-0.25, -0.2) is 4.98 Å². The number of aromatic nitrogens is 2. The van der Waals surface area contributed by atoms with E-state index in [0.717, 1.165) is 16.9 Å². The van der Waals surface area contributed by atoms with Gasteiger partial charge >= 0.3 is 5.92 Å². The van der Waals surface area contributed by atoms with E-state index in [1.54, 1.807) is 0 Å². The van der Waals surface area contributed by atoms with Crippen LogP contribution in [0.5, 0.6) is 0 Å². The van der Waals surface area contributed by atoms with Gasteiger partial charge in [-0.05, 0) is 30.0 Å². The lowest BCUT2D eigenvalue weighted by Crippen LogP contribution is -2.46. The smallest absolute Gasteiger partial charge is 0.342 e. The predicted octanol–water partition coefficient (Wildman–Crippen LogP) is 3.18. The SMILES string of the molecule is CN1C(=O)C(F)(F)CN(CCCc2ccccc2)c2nc(Cl)ncc21. The van der Waals surface area contributed by atoms with Gasteiger partial charge in [0.1, 0.15) is 5.69 Å². The molecule has 1 aliphatic heterocycles. The largest absolute Gasteiger partial charge is 0.348 e. The van der Waals surface area contributed by atoms with Crippen LogP contribution in [-0.2, 0) is 11.2 Å². The van der Waals surface area contributed by atoms with Crippen LogP contribution < -0.4 is 9.80 Å². The van der Waals surface area contributed by atoms with E-state index in [1.807, 2.05) is 30.3 Å². The molecule has 0 radical (unpaired) electrons. The summed E-state index contributed by atoms with van der Waals surface area (Å²) in [7, 11) is 1.29. The molecule has 3 rings (SSSR count). The maximum absolute atomic E-state index is 14.3. The van der Waals surface area contributed by atoms with Crippen LogP contribution >= 0.6 is 11.6 Å². The van der Waals surface area contributed by atoms with Crippen LogP contribution in [0.3, 0.4) is 0 Å². The van der Waals surface area contributed by atoms with Crippen molar-refractivity contribution in [3.63, 3.8) is 0 Å². The van der Waals surface area contributed by atoms with Crippen LogP contribution in [0.1, 0.15) is 12.0 Å². The number of carbonyl (C=O) groups excluding carboxylic acids is 1. The second kappa shape index (κ2) is 6.92. The average Bonchev–Trinajstić information content (AvgIpc) is 2.66. The molecular weight excluding hydrogens is 350 g/mol. The lowest BCUT2D eigenvalue weighted by Gasteiger charge is -2.25. The van der Waals surface area contributed by atoms with Crippen molar-refractivity contribution in [2.75, 3.05) is 29.9 Å². The summed E-state index contributed by atoms with van der Waals surface area (Å²) in [6.07, 6.45) is 2.67.